The third-order valence-corrected chi connectivity index (χ3v) is 4.69. The van der Waals surface area contributed by atoms with Gasteiger partial charge in [0.1, 0.15) is 5.82 Å². The normalized spacial score (nSPS) is 20.4. The van der Waals surface area contributed by atoms with Gasteiger partial charge in [0.2, 0.25) is 5.88 Å². The molecule has 1 aromatic rings. The van der Waals surface area contributed by atoms with Crippen molar-refractivity contribution in [1.82, 2.24) is 4.98 Å². The van der Waals surface area contributed by atoms with Crippen LogP contribution in [-0.2, 0) is 0 Å². The van der Waals surface area contributed by atoms with Gasteiger partial charge in [0, 0.05) is 12.0 Å². The second-order valence-corrected chi connectivity index (χ2v) is 6.56. The van der Waals surface area contributed by atoms with Gasteiger partial charge in [-0.1, -0.05) is 12.8 Å². The van der Waals surface area contributed by atoms with Gasteiger partial charge < -0.3 is 20.9 Å². The van der Waals surface area contributed by atoms with Gasteiger partial charge in [-0.05, 0) is 43.7 Å². The van der Waals surface area contributed by atoms with Crippen molar-refractivity contribution in [3.05, 3.63) is 12.1 Å². The Bertz CT molecular complexity index is 482. The number of rotatable bonds is 7. The number of nitrogens with one attached hydrogen (secondary N) is 1. The molecule has 2 aliphatic rings. The lowest BCUT2D eigenvalue weighted by Crippen LogP contribution is -2.30. The minimum atomic E-state index is 0.0120. The number of aliphatic hydroxyl groups excluding tert-OH is 1. The van der Waals surface area contributed by atoms with E-state index in [0.29, 0.717) is 24.1 Å². The van der Waals surface area contributed by atoms with Crippen LogP contribution in [0.2, 0.25) is 0 Å². The van der Waals surface area contributed by atoms with E-state index in [1.165, 1.54) is 25.7 Å². The van der Waals surface area contributed by atoms with Crippen LogP contribution in [0.3, 0.4) is 0 Å². The number of nitrogens with two attached hydrogens (primary N) is 1. The lowest BCUT2D eigenvalue weighted by molar-refractivity contribution is 0.142. The average Bonchev–Trinajstić information content (AvgIpc) is 3.22. The standard InChI is InChI=1S/C16H25N3O2/c17-13-5-6-14(19-15(13)21-9-12-3-4-12)18-10-16(11-20)7-1-2-8-16/h5-6,12,20H,1-4,7-11,17H2,(H,18,19). The highest BCUT2D eigenvalue weighted by Gasteiger charge is 2.33. The molecule has 0 spiro atoms. The van der Waals surface area contributed by atoms with Crippen molar-refractivity contribution in [3.8, 4) is 5.88 Å². The predicted molar refractivity (Wildman–Crippen MR) is 83.3 cm³/mol. The van der Waals surface area contributed by atoms with Crippen molar-refractivity contribution < 1.29 is 9.84 Å². The molecule has 2 fully saturated rings. The molecule has 1 aromatic heterocycles. The van der Waals surface area contributed by atoms with E-state index in [-0.39, 0.29) is 12.0 Å². The summed E-state index contributed by atoms with van der Waals surface area (Å²) in [5, 5.41) is 13.0. The summed E-state index contributed by atoms with van der Waals surface area (Å²) in [6.07, 6.45) is 7.06. The number of hydrogen-bond donors (Lipinski definition) is 3. The van der Waals surface area contributed by atoms with Crippen molar-refractivity contribution in [2.24, 2.45) is 11.3 Å². The Morgan fingerprint density at radius 2 is 2.10 bits per heavy atom. The maximum atomic E-state index is 9.64. The lowest BCUT2D eigenvalue weighted by Gasteiger charge is -2.27. The number of ether oxygens (including phenoxy) is 1. The van der Waals surface area contributed by atoms with E-state index in [4.69, 9.17) is 10.5 Å². The van der Waals surface area contributed by atoms with Crippen molar-refractivity contribution >= 4 is 11.5 Å². The minimum absolute atomic E-state index is 0.0120. The molecule has 116 valence electrons. The number of hydrogen-bond acceptors (Lipinski definition) is 5. The second-order valence-electron chi connectivity index (χ2n) is 6.56. The van der Waals surface area contributed by atoms with Crippen LogP contribution in [0.4, 0.5) is 11.5 Å². The quantitative estimate of drug-likeness (QED) is 0.719. The molecule has 0 bridgehead atoms. The van der Waals surface area contributed by atoms with Crippen molar-refractivity contribution in [3.63, 3.8) is 0 Å². The fourth-order valence-electron chi connectivity index (χ4n) is 2.94. The zero-order valence-corrected chi connectivity index (χ0v) is 12.5. The molecule has 0 aromatic carbocycles. The van der Waals surface area contributed by atoms with Crippen LogP contribution in [0.5, 0.6) is 5.88 Å². The molecule has 0 aliphatic heterocycles. The first kappa shape index (κ1) is 14.4. The van der Waals surface area contributed by atoms with E-state index < -0.39 is 0 Å². The fraction of sp³-hybridized carbons (Fsp3) is 0.688. The van der Waals surface area contributed by atoms with Crippen molar-refractivity contribution in [2.75, 3.05) is 30.8 Å². The zero-order chi connectivity index (χ0) is 14.7. The number of aromatic nitrogens is 1. The average molecular weight is 291 g/mol. The van der Waals surface area contributed by atoms with Gasteiger partial charge in [-0.2, -0.15) is 4.98 Å². The van der Waals surface area contributed by atoms with E-state index in [1.807, 2.05) is 12.1 Å². The molecular formula is C16H25N3O2. The summed E-state index contributed by atoms with van der Waals surface area (Å²) in [5.74, 6) is 1.98. The monoisotopic (exact) mass is 291 g/mol. The number of anilines is 2. The summed E-state index contributed by atoms with van der Waals surface area (Å²) in [4.78, 5) is 4.46. The predicted octanol–water partition coefficient (Wildman–Crippen LogP) is 2.42. The maximum absolute atomic E-state index is 9.64. The van der Waals surface area contributed by atoms with Gasteiger partial charge in [0.05, 0.1) is 18.9 Å². The lowest BCUT2D eigenvalue weighted by atomic mass is 9.87. The van der Waals surface area contributed by atoms with Crippen LogP contribution in [0.15, 0.2) is 12.1 Å². The molecule has 0 atom stereocenters. The molecule has 2 saturated carbocycles. The van der Waals surface area contributed by atoms with Gasteiger partial charge >= 0.3 is 0 Å². The van der Waals surface area contributed by atoms with Crippen molar-refractivity contribution in [2.45, 2.75) is 38.5 Å². The molecule has 5 heteroatoms. The highest BCUT2D eigenvalue weighted by Crippen LogP contribution is 2.37. The molecule has 21 heavy (non-hydrogen) atoms. The molecule has 0 amide bonds. The molecule has 0 radical (unpaired) electrons. The Hall–Kier alpha value is -1.49. The minimum Gasteiger partial charge on any atom is -0.476 e. The van der Waals surface area contributed by atoms with Crippen LogP contribution in [0.1, 0.15) is 38.5 Å². The number of nitrogens with zero attached hydrogens (tertiary/aromatic N) is 1. The van der Waals surface area contributed by atoms with Crippen LogP contribution >= 0.6 is 0 Å². The molecule has 5 nitrogen and oxygen atoms in total. The molecule has 3 rings (SSSR count). The highest BCUT2D eigenvalue weighted by molar-refractivity contribution is 5.53. The van der Waals surface area contributed by atoms with E-state index in [1.54, 1.807) is 0 Å². The van der Waals surface area contributed by atoms with Gasteiger partial charge in [-0.15, -0.1) is 0 Å². The highest BCUT2D eigenvalue weighted by atomic mass is 16.5. The first-order valence-electron chi connectivity index (χ1n) is 7.95. The second kappa shape index (κ2) is 6.10. The first-order valence-corrected chi connectivity index (χ1v) is 7.95. The number of pyridine rings is 1. The Balaban J connectivity index is 1.60. The number of nitrogen functional groups attached to an aromatic ring is 1. The summed E-state index contributed by atoms with van der Waals surface area (Å²) in [5.41, 5.74) is 6.51. The van der Waals surface area contributed by atoms with Gasteiger partial charge in [0.25, 0.3) is 0 Å². The Morgan fingerprint density at radius 3 is 2.76 bits per heavy atom. The van der Waals surface area contributed by atoms with Crippen LogP contribution < -0.4 is 15.8 Å². The molecule has 1 heterocycles. The fourth-order valence-corrected chi connectivity index (χ4v) is 2.94. The Kier molecular flexibility index (Phi) is 4.19. The van der Waals surface area contributed by atoms with E-state index in [0.717, 1.165) is 25.2 Å². The third kappa shape index (κ3) is 3.59. The largest absolute Gasteiger partial charge is 0.476 e. The third-order valence-electron chi connectivity index (χ3n) is 4.69. The topological polar surface area (TPSA) is 80.4 Å². The van der Waals surface area contributed by atoms with Gasteiger partial charge in [-0.25, -0.2) is 0 Å². The SMILES string of the molecule is Nc1ccc(NCC2(CO)CCCC2)nc1OCC1CC1. The smallest absolute Gasteiger partial charge is 0.239 e. The van der Waals surface area contributed by atoms with E-state index in [9.17, 15) is 5.11 Å². The number of aliphatic hydroxyl groups is 1. The summed E-state index contributed by atoms with van der Waals surface area (Å²) < 4.78 is 5.70. The van der Waals surface area contributed by atoms with Gasteiger partial charge in [-0.3, -0.25) is 0 Å². The zero-order valence-electron chi connectivity index (χ0n) is 12.5. The molecule has 2 aliphatic carbocycles. The van der Waals surface area contributed by atoms with E-state index in [2.05, 4.69) is 10.3 Å². The van der Waals surface area contributed by atoms with Crippen molar-refractivity contribution in [1.29, 1.82) is 0 Å². The maximum Gasteiger partial charge on any atom is 0.239 e. The Morgan fingerprint density at radius 1 is 1.33 bits per heavy atom. The van der Waals surface area contributed by atoms with Gasteiger partial charge in [0.15, 0.2) is 0 Å². The van der Waals surface area contributed by atoms with Crippen LogP contribution in [-0.4, -0.2) is 29.8 Å². The molecule has 4 N–H and O–H groups in total. The summed E-state index contributed by atoms with van der Waals surface area (Å²) in [6.45, 7) is 1.70. The first-order chi connectivity index (χ1) is 10.2. The summed E-state index contributed by atoms with van der Waals surface area (Å²) >= 11 is 0. The Labute approximate surface area is 125 Å². The van der Waals surface area contributed by atoms with E-state index >= 15 is 0 Å². The van der Waals surface area contributed by atoms with Crippen LogP contribution in [0, 0.1) is 11.3 Å². The molecule has 0 saturated heterocycles. The summed E-state index contributed by atoms with van der Waals surface area (Å²) in [7, 11) is 0. The molecular weight excluding hydrogens is 266 g/mol. The molecule has 0 unspecified atom stereocenters. The van der Waals surface area contributed by atoms with Crippen LogP contribution in [0.25, 0.3) is 0 Å². The summed E-state index contributed by atoms with van der Waals surface area (Å²) in [6, 6.07) is 3.71.